The van der Waals surface area contributed by atoms with Gasteiger partial charge in [-0.05, 0) is 134 Å². The number of hydrogen-bond acceptors (Lipinski definition) is 6. The Bertz CT molecular complexity index is 1750. The third kappa shape index (κ3) is 5.88. The van der Waals surface area contributed by atoms with Gasteiger partial charge in [0.25, 0.3) is 5.92 Å². The van der Waals surface area contributed by atoms with Crippen LogP contribution in [0.4, 0.5) is 8.78 Å². The molecule has 1 amide bonds. The van der Waals surface area contributed by atoms with Crippen LogP contribution in [-0.2, 0) is 23.9 Å². The van der Waals surface area contributed by atoms with Crippen LogP contribution in [0.15, 0.2) is 11.1 Å². The molecule has 0 aromatic carbocycles. The highest BCUT2D eigenvalue weighted by Gasteiger charge is 2.71. The standard InChI is InChI=1S/C48H72F2N2O5/c1-28(2)38-34(54)25-47(41(56)52-22-11-12-30(52)26-51-23-21-48(49,50)27-51)20-19-45(9)31(39(38)47)13-14-36-44(8)17-16-37(43(6,7)35(44)15-18-46(36,45)10)57-40(55)33-24-32(29(3)53)42(33,4)5/h28,30-33,35-37H,11-27H2,1-10H3/t30-,31+,32-,33+,35-,36+,37-,44-,45+,46+,47+/m0/s1. The molecule has 318 valence electrons. The van der Waals surface area contributed by atoms with Crippen molar-refractivity contribution in [2.75, 3.05) is 26.2 Å². The zero-order valence-electron chi connectivity index (χ0n) is 36.8. The topological polar surface area (TPSA) is 84.0 Å². The number of ether oxygens (including phenoxy) is 1. The zero-order chi connectivity index (χ0) is 41.5. The fraction of sp³-hybridized carbons (Fsp3) is 0.875. The fourth-order valence-corrected chi connectivity index (χ4v) is 16.1. The molecule has 0 unspecified atom stereocenters. The number of allylic oxidation sites excluding steroid dienone is 1. The van der Waals surface area contributed by atoms with E-state index in [1.165, 1.54) is 0 Å². The van der Waals surface area contributed by atoms with Gasteiger partial charge in [0, 0.05) is 49.9 Å². The van der Waals surface area contributed by atoms with Gasteiger partial charge in [-0.1, -0.05) is 62.3 Å². The second kappa shape index (κ2) is 13.4. The van der Waals surface area contributed by atoms with Crippen LogP contribution in [0.2, 0.25) is 0 Å². The van der Waals surface area contributed by atoms with Crippen LogP contribution in [0.3, 0.4) is 0 Å². The summed E-state index contributed by atoms with van der Waals surface area (Å²) in [6.07, 6.45) is 9.81. The van der Waals surface area contributed by atoms with Gasteiger partial charge < -0.3 is 9.64 Å². The van der Waals surface area contributed by atoms with E-state index in [-0.39, 0.29) is 106 Å². The number of ketones is 2. The Hall–Kier alpha value is -2.16. The summed E-state index contributed by atoms with van der Waals surface area (Å²) in [5.41, 5.74) is 0.637. The molecule has 7 fully saturated rings. The molecule has 7 nitrogen and oxygen atoms in total. The normalized spacial score (nSPS) is 44.5. The largest absolute Gasteiger partial charge is 0.462 e. The number of carbonyl (C=O) groups is 4. The summed E-state index contributed by atoms with van der Waals surface area (Å²) in [4.78, 5) is 59.4. The Morgan fingerprint density at radius 1 is 0.807 bits per heavy atom. The van der Waals surface area contributed by atoms with E-state index in [0.717, 1.165) is 68.9 Å². The molecule has 0 aromatic heterocycles. The lowest BCUT2D eigenvalue weighted by atomic mass is 9.33. The maximum atomic E-state index is 15.3. The van der Waals surface area contributed by atoms with Crippen LogP contribution in [0.5, 0.6) is 0 Å². The lowest BCUT2D eigenvalue weighted by molar-refractivity contribution is -0.236. The van der Waals surface area contributed by atoms with Crippen LogP contribution < -0.4 is 0 Å². The van der Waals surface area contributed by atoms with Gasteiger partial charge in [0.2, 0.25) is 5.91 Å². The lowest BCUT2D eigenvalue weighted by Crippen LogP contribution is -2.66. The van der Waals surface area contributed by atoms with Gasteiger partial charge in [0.15, 0.2) is 5.78 Å². The Kier molecular flexibility index (Phi) is 9.79. The number of fused-ring (bicyclic) bond motifs is 7. The van der Waals surface area contributed by atoms with Crippen molar-refractivity contribution in [3.8, 4) is 0 Å². The summed E-state index contributed by atoms with van der Waals surface area (Å²) >= 11 is 0. The molecular formula is C48H72F2N2O5. The van der Waals surface area contributed by atoms with Crippen molar-refractivity contribution >= 4 is 23.4 Å². The highest BCUT2D eigenvalue weighted by Crippen LogP contribution is 2.77. The molecule has 2 heterocycles. The molecule has 2 saturated heterocycles. The van der Waals surface area contributed by atoms with Gasteiger partial charge in [-0.3, -0.25) is 24.1 Å². The van der Waals surface area contributed by atoms with Crippen LogP contribution >= 0.6 is 0 Å². The average molecular weight is 795 g/mol. The third-order valence-electron chi connectivity index (χ3n) is 19.4. The predicted octanol–water partition coefficient (Wildman–Crippen LogP) is 9.46. The molecule has 0 bridgehead atoms. The van der Waals surface area contributed by atoms with Crippen LogP contribution in [0, 0.1) is 68.0 Å². The highest BCUT2D eigenvalue weighted by atomic mass is 19.3. The summed E-state index contributed by atoms with van der Waals surface area (Å²) in [6, 6.07) is -0.0903. The van der Waals surface area contributed by atoms with E-state index in [1.807, 2.05) is 23.6 Å². The molecule has 9 heteroatoms. The van der Waals surface area contributed by atoms with Crippen LogP contribution in [-0.4, -0.2) is 77.5 Å². The summed E-state index contributed by atoms with van der Waals surface area (Å²) in [5.74, 6) is -1.70. The number of amides is 1. The number of likely N-dealkylation sites (tertiary alicyclic amines) is 2. The quantitative estimate of drug-likeness (QED) is 0.239. The molecule has 8 rings (SSSR count). The Labute approximate surface area is 341 Å². The van der Waals surface area contributed by atoms with Gasteiger partial charge in [-0.25, -0.2) is 8.78 Å². The van der Waals surface area contributed by atoms with E-state index < -0.39 is 11.3 Å². The minimum atomic E-state index is -2.66. The number of alkyl halides is 2. The van der Waals surface area contributed by atoms with E-state index >= 15 is 4.79 Å². The maximum Gasteiger partial charge on any atom is 0.309 e. The minimum absolute atomic E-state index is 0.00547. The van der Waals surface area contributed by atoms with E-state index in [4.69, 9.17) is 4.74 Å². The van der Waals surface area contributed by atoms with Crippen molar-refractivity contribution in [2.24, 2.45) is 68.0 Å². The number of halogens is 2. The highest BCUT2D eigenvalue weighted by molar-refractivity contribution is 6.07. The fourth-order valence-electron chi connectivity index (χ4n) is 16.1. The molecule has 6 aliphatic carbocycles. The Morgan fingerprint density at radius 2 is 1.53 bits per heavy atom. The van der Waals surface area contributed by atoms with Gasteiger partial charge in [0.1, 0.15) is 11.9 Å². The predicted molar refractivity (Wildman–Crippen MR) is 216 cm³/mol. The first kappa shape index (κ1) is 41.6. The van der Waals surface area contributed by atoms with Crippen LogP contribution in [0.1, 0.15) is 153 Å². The van der Waals surface area contributed by atoms with Gasteiger partial charge in [-0.15, -0.1) is 0 Å². The van der Waals surface area contributed by atoms with Crippen molar-refractivity contribution in [3.63, 3.8) is 0 Å². The molecule has 11 atom stereocenters. The summed E-state index contributed by atoms with van der Waals surface area (Å²) in [6.45, 7) is 23.5. The lowest BCUT2D eigenvalue weighted by Gasteiger charge is -2.72. The van der Waals surface area contributed by atoms with E-state index in [9.17, 15) is 23.2 Å². The second-order valence-electron chi connectivity index (χ2n) is 23.0. The monoisotopic (exact) mass is 795 g/mol. The second-order valence-corrected chi connectivity index (χ2v) is 23.0. The van der Waals surface area contributed by atoms with Crippen LogP contribution in [0.25, 0.3) is 0 Å². The molecule has 0 aromatic rings. The van der Waals surface area contributed by atoms with Gasteiger partial charge in [-0.2, -0.15) is 0 Å². The summed E-state index contributed by atoms with van der Waals surface area (Å²) in [5, 5.41) is 0. The van der Waals surface area contributed by atoms with Crippen molar-refractivity contribution < 1.29 is 32.7 Å². The summed E-state index contributed by atoms with van der Waals surface area (Å²) < 4.78 is 34.9. The average Bonchev–Trinajstić information content (AvgIpc) is 3.80. The number of Topliss-reactive ketones (excluding diaryl/α,β-unsaturated/α-hetero) is 2. The number of rotatable bonds is 7. The maximum absolute atomic E-state index is 15.3. The molecular weight excluding hydrogens is 723 g/mol. The first-order valence-electron chi connectivity index (χ1n) is 22.8. The smallest absolute Gasteiger partial charge is 0.309 e. The first-order chi connectivity index (χ1) is 26.4. The SMILES string of the molecule is CC(=O)[C@@H]1C[C@H](C(=O)O[C@H]2CC[C@]3(C)[C@H]4CC[C@@H]5C6=C(C(C)C)C(=O)C[C@]6(C(=O)N6CCC[C@H]6CN6CCC(F)(F)C6)CC[C@@]5(C)[C@]4(C)CC[C@H]3C2(C)C)C1(C)C. The summed E-state index contributed by atoms with van der Waals surface area (Å²) in [7, 11) is 0. The number of nitrogens with zero attached hydrogens (tertiary/aromatic N) is 2. The minimum Gasteiger partial charge on any atom is -0.462 e. The molecule has 5 saturated carbocycles. The van der Waals surface area contributed by atoms with E-state index in [2.05, 4.69) is 48.5 Å². The molecule has 8 aliphatic rings. The molecule has 0 radical (unpaired) electrons. The van der Waals surface area contributed by atoms with Crippen molar-refractivity contribution in [1.29, 1.82) is 0 Å². The van der Waals surface area contributed by atoms with Crippen molar-refractivity contribution in [3.05, 3.63) is 11.1 Å². The van der Waals surface area contributed by atoms with Gasteiger partial charge in [0.05, 0.1) is 17.9 Å². The Balaban J connectivity index is 1.05. The number of hydrogen-bond donors (Lipinski definition) is 0. The van der Waals surface area contributed by atoms with E-state index in [1.54, 1.807) is 6.92 Å². The number of carbonyl (C=O) groups excluding carboxylic acids is 4. The number of esters is 1. The molecule has 2 aliphatic heterocycles. The Morgan fingerprint density at radius 3 is 2.16 bits per heavy atom. The van der Waals surface area contributed by atoms with Gasteiger partial charge >= 0.3 is 5.97 Å². The molecule has 0 N–H and O–H groups in total. The zero-order valence-corrected chi connectivity index (χ0v) is 36.8. The van der Waals surface area contributed by atoms with Crippen molar-refractivity contribution in [1.82, 2.24) is 9.80 Å². The third-order valence-corrected chi connectivity index (χ3v) is 19.4. The van der Waals surface area contributed by atoms with E-state index in [0.29, 0.717) is 44.3 Å². The molecule has 57 heavy (non-hydrogen) atoms. The molecule has 0 spiro atoms. The first-order valence-corrected chi connectivity index (χ1v) is 22.8. The van der Waals surface area contributed by atoms with Crippen molar-refractivity contribution in [2.45, 2.75) is 171 Å².